The van der Waals surface area contributed by atoms with Crippen LogP contribution in [-0.4, -0.2) is 32.6 Å². The zero-order chi connectivity index (χ0) is 16.2. The molecule has 0 fully saturated rings. The van der Waals surface area contributed by atoms with Gasteiger partial charge < -0.3 is 9.64 Å². The van der Waals surface area contributed by atoms with Gasteiger partial charge in [0, 0.05) is 17.2 Å². The van der Waals surface area contributed by atoms with Crippen molar-refractivity contribution in [2.24, 2.45) is 0 Å². The Bertz CT molecular complexity index is 721. The molecule has 3 heteroatoms. The first-order valence-electron chi connectivity index (χ1n) is 7.93. The Morgan fingerprint density at radius 3 is 2.74 bits per heavy atom. The first-order chi connectivity index (χ1) is 11.2. The van der Waals surface area contributed by atoms with Crippen molar-refractivity contribution in [3.63, 3.8) is 0 Å². The van der Waals surface area contributed by atoms with Gasteiger partial charge in [-0.05, 0) is 61.0 Å². The molecule has 1 aliphatic heterocycles. The molecular weight excluding hydrogens is 302 g/mol. The second-order valence-corrected chi connectivity index (χ2v) is 7.03. The van der Waals surface area contributed by atoms with Crippen molar-refractivity contribution >= 4 is 17.3 Å². The summed E-state index contributed by atoms with van der Waals surface area (Å²) in [5.74, 6) is 1.93. The Kier molecular flexibility index (Phi) is 5.09. The molecule has 3 rings (SSSR count). The van der Waals surface area contributed by atoms with Gasteiger partial charge in [0.15, 0.2) is 0 Å². The van der Waals surface area contributed by atoms with Crippen LogP contribution in [0.1, 0.15) is 23.1 Å². The molecular formula is C20H23NOS. The molecule has 0 amide bonds. The molecule has 1 aliphatic rings. The molecule has 2 aromatic carbocycles. The van der Waals surface area contributed by atoms with Gasteiger partial charge in [-0.1, -0.05) is 30.3 Å². The van der Waals surface area contributed by atoms with E-state index in [0.717, 1.165) is 24.5 Å². The molecule has 0 unspecified atom stereocenters. The van der Waals surface area contributed by atoms with Gasteiger partial charge in [0.2, 0.25) is 0 Å². The van der Waals surface area contributed by atoms with Crippen molar-refractivity contribution in [3.05, 3.63) is 65.2 Å². The van der Waals surface area contributed by atoms with Gasteiger partial charge in [-0.15, -0.1) is 11.8 Å². The van der Waals surface area contributed by atoms with Gasteiger partial charge in [0.1, 0.15) is 5.75 Å². The highest BCUT2D eigenvalue weighted by atomic mass is 32.2. The fourth-order valence-electron chi connectivity index (χ4n) is 2.87. The number of methoxy groups -OCH3 is 1. The lowest BCUT2D eigenvalue weighted by atomic mass is 9.93. The summed E-state index contributed by atoms with van der Waals surface area (Å²) in [6.45, 7) is 1.05. The third-order valence-corrected chi connectivity index (χ3v) is 5.21. The standard InChI is InChI=1S/C20H23NOS/c1-21(2)12-6-9-18-17-8-5-4-7-15(17)14-23-20-11-10-16(22-3)13-19(18)20/h4-5,7-11,13H,6,12,14H2,1-3H3. The van der Waals surface area contributed by atoms with Gasteiger partial charge >= 0.3 is 0 Å². The minimum Gasteiger partial charge on any atom is -0.497 e. The predicted molar refractivity (Wildman–Crippen MR) is 99.2 cm³/mol. The molecule has 23 heavy (non-hydrogen) atoms. The lowest BCUT2D eigenvalue weighted by Crippen LogP contribution is -2.12. The molecule has 0 N–H and O–H groups in total. The summed E-state index contributed by atoms with van der Waals surface area (Å²) < 4.78 is 5.46. The number of fused-ring (bicyclic) bond motifs is 2. The number of thioether (sulfide) groups is 1. The summed E-state index contributed by atoms with van der Waals surface area (Å²) >= 11 is 1.91. The molecule has 120 valence electrons. The highest BCUT2D eigenvalue weighted by molar-refractivity contribution is 7.98. The van der Waals surface area contributed by atoms with E-state index in [9.17, 15) is 0 Å². The zero-order valence-electron chi connectivity index (χ0n) is 14.0. The lowest BCUT2D eigenvalue weighted by Gasteiger charge is -2.14. The van der Waals surface area contributed by atoms with Crippen LogP contribution in [0.25, 0.3) is 5.57 Å². The van der Waals surface area contributed by atoms with Crippen LogP contribution in [0.15, 0.2) is 53.4 Å². The molecule has 1 heterocycles. The van der Waals surface area contributed by atoms with Gasteiger partial charge in [0.25, 0.3) is 0 Å². The Morgan fingerprint density at radius 1 is 1.13 bits per heavy atom. The summed E-state index contributed by atoms with van der Waals surface area (Å²) in [6.07, 6.45) is 3.42. The maximum absolute atomic E-state index is 5.46. The van der Waals surface area contributed by atoms with Crippen molar-refractivity contribution < 1.29 is 4.74 Å². The van der Waals surface area contributed by atoms with Gasteiger partial charge in [-0.3, -0.25) is 0 Å². The summed E-state index contributed by atoms with van der Waals surface area (Å²) in [5, 5.41) is 0. The van der Waals surface area contributed by atoms with E-state index in [1.54, 1.807) is 7.11 Å². The Hall–Kier alpha value is -1.71. The maximum Gasteiger partial charge on any atom is 0.119 e. The average molecular weight is 325 g/mol. The molecule has 0 spiro atoms. The van der Waals surface area contributed by atoms with Crippen molar-refractivity contribution in [1.82, 2.24) is 4.90 Å². The van der Waals surface area contributed by atoms with E-state index in [4.69, 9.17) is 4.74 Å². The second-order valence-electron chi connectivity index (χ2n) is 6.02. The fraction of sp³-hybridized carbons (Fsp3) is 0.300. The van der Waals surface area contributed by atoms with E-state index < -0.39 is 0 Å². The third-order valence-electron chi connectivity index (χ3n) is 4.09. The monoisotopic (exact) mass is 325 g/mol. The van der Waals surface area contributed by atoms with Crippen molar-refractivity contribution in [1.29, 1.82) is 0 Å². The van der Waals surface area contributed by atoms with Crippen LogP contribution >= 0.6 is 11.8 Å². The van der Waals surface area contributed by atoms with Crippen LogP contribution in [0.4, 0.5) is 0 Å². The second kappa shape index (κ2) is 7.24. The van der Waals surface area contributed by atoms with Crippen LogP contribution in [-0.2, 0) is 5.75 Å². The van der Waals surface area contributed by atoms with Crippen LogP contribution < -0.4 is 4.74 Å². The molecule has 0 radical (unpaired) electrons. The minimum atomic E-state index is 0.919. The number of rotatable bonds is 4. The predicted octanol–water partition coefficient (Wildman–Crippen LogP) is 4.68. The Balaban J connectivity index is 2.10. The van der Waals surface area contributed by atoms with Gasteiger partial charge in [0.05, 0.1) is 7.11 Å². The average Bonchev–Trinajstić information content (AvgIpc) is 2.71. The highest BCUT2D eigenvalue weighted by Gasteiger charge is 2.18. The smallest absolute Gasteiger partial charge is 0.119 e. The summed E-state index contributed by atoms with van der Waals surface area (Å²) in [4.78, 5) is 3.55. The number of hydrogen-bond acceptors (Lipinski definition) is 3. The van der Waals surface area contributed by atoms with E-state index in [-0.39, 0.29) is 0 Å². The van der Waals surface area contributed by atoms with Crippen molar-refractivity contribution in [3.8, 4) is 5.75 Å². The molecule has 2 nitrogen and oxygen atoms in total. The highest BCUT2D eigenvalue weighted by Crippen LogP contribution is 2.41. The largest absolute Gasteiger partial charge is 0.497 e. The number of hydrogen-bond donors (Lipinski definition) is 0. The maximum atomic E-state index is 5.46. The molecule has 0 aliphatic carbocycles. The Labute approximate surface area is 143 Å². The summed E-state index contributed by atoms with van der Waals surface area (Å²) in [6, 6.07) is 15.2. The number of benzene rings is 2. The van der Waals surface area contributed by atoms with Crippen molar-refractivity contribution in [2.45, 2.75) is 17.1 Å². The van der Waals surface area contributed by atoms with Crippen molar-refractivity contribution in [2.75, 3.05) is 27.7 Å². The van der Waals surface area contributed by atoms with Crippen LogP contribution in [0, 0.1) is 0 Å². The molecule has 0 saturated carbocycles. The molecule has 0 aromatic heterocycles. The number of ether oxygens (including phenoxy) is 1. The SMILES string of the molecule is COc1ccc2c(c1)C(=CCCN(C)C)c1ccccc1CS2. The van der Waals surface area contributed by atoms with E-state index in [0.29, 0.717) is 0 Å². The fourth-order valence-corrected chi connectivity index (χ4v) is 3.92. The molecule has 0 atom stereocenters. The molecule has 0 saturated heterocycles. The summed E-state index contributed by atoms with van der Waals surface area (Å²) in [5.41, 5.74) is 5.38. The van der Waals surface area contributed by atoms with E-state index >= 15 is 0 Å². The first kappa shape index (κ1) is 16.2. The van der Waals surface area contributed by atoms with Gasteiger partial charge in [-0.25, -0.2) is 0 Å². The number of nitrogens with zero attached hydrogens (tertiary/aromatic N) is 1. The molecule has 2 aromatic rings. The summed E-state index contributed by atoms with van der Waals surface area (Å²) in [7, 11) is 5.97. The third kappa shape index (κ3) is 3.62. The van der Waals surface area contributed by atoms with E-state index in [2.05, 4.69) is 67.5 Å². The normalized spacial score (nSPS) is 15.2. The van der Waals surface area contributed by atoms with Crippen LogP contribution in [0.5, 0.6) is 5.75 Å². The quantitative estimate of drug-likeness (QED) is 0.809. The topological polar surface area (TPSA) is 12.5 Å². The zero-order valence-corrected chi connectivity index (χ0v) is 14.8. The van der Waals surface area contributed by atoms with E-state index in [1.165, 1.54) is 27.2 Å². The lowest BCUT2D eigenvalue weighted by molar-refractivity contribution is 0.414. The van der Waals surface area contributed by atoms with Crippen LogP contribution in [0.3, 0.4) is 0 Å². The van der Waals surface area contributed by atoms with Gasteiger partial charge in [-0.2, -0.15) is 0 Å². The Morgan fingerprint density at radius 2 is 1.96 bits per heavy atom. The first-order valence-corrected chi connectivity index (χ1v) is 8.92. The van der Waals surface area contributed by atoms with E-state index in [1.807, 2.05) is 11.8 Å². The minimum absolute atomic E-state index is 0.919. The van der Waals surface area contributed by atoms with Crippen LogP contribution in [0.2, 0.25) is 0 Å². The molecule has 0 bridgehead atoms.